The molecule has 8 heteroatoms. The van der Waals surface area contributed by atoms with Crippen LogP contribution >= 0.6 is 0 Å². The second-order valence-corrected chi connectivity index (χ2v) is 6.76. The fourth-order valence-electron chi connectivity index (χ4n) is 3.27. The average Bonchev–Trinajstić information content (AvgIpc) is 3.29. The second kappa shape index (κ2) is 8.08. The molecule has 1 N–H and O–H groups in total. The number of carbonyl (C=O) groups excluding carboxylic acids is 1. The number of imidazole rings is 1. The van der Waals surface area contributed by atoms with Gasteiger partial charge >= 0.3 is 6.03 Å². The first-order valence-corrected chi connectivity index (χ1v) is 9.36. The van der Waals surface area contributed by atoms with Crippen LogP contribution in [0.1, 0.15) is 18.5 Å². The summed E-state index contributed by atoms with van der Waals surface area (Å²) in [5.74, 6) is 0.717. The zero-order chi connectivity index (χ0) is 19.3. The molecule has 1 saturated heterocycles. The molecule has 0 saturated carbocycles. The maximum absolute atomic E-state index is 12.6. The van der Waals surface area contributed by atoms with E-state index in [1.807, 2.05) is 46.9 Å². The van der Waals surface area contributed by atoms with Gasteiger partial charge in [-0.3, -0.25) is 0 Å². The number of piperazine rings is 1. The molecule has 1 aromatic carbocycles. The molecule has 1 unspecified atom stereocenters. The lowest BCUT2D eigenvalue weighted by Gasteiger charge is -2.35. The Bertz CT molecular complexity index is 888. The summed E-state index contributed by atoms with van der Waals surface area (Å²) in [6, 6.07) is 9.81. The van der Waals surface area contributed by atoms with Crippen LogP contribution in [-0.4, -0.2) is 56.6 Å². The Balaban J connectivity index is 1.31. The molecule has 0 aliphatic carbocycles. The van der Waals surface area contributed by atoms with Gasteiger partial charge in [-0.25, -0.2) is 19.7 Å². The predicted octanol–water partition coefficient (Wildman–Crippen LogP) is 2.26. The number of amides is 2. The van der Waals surface area contributed by atoms with Crippen LogP contribution in [0.2, 0.25) is 0 Å². The Morgan fingerprint density at radius 2 is 1.75 bits per heavy atom. The van der Waals surface area contributed by atoms with Crippen molar-refractivity contribution < 1.29 is 4.79 Å². The minimum absolute atomic E-state index is 0.0418. The van der Waals surface area contributed by atoms with Crippen molar-refractivity contribution in [1.82, 2.24) is 29.7 Å². The molecule has 1 aliphatic rings. The third kappa shape index (κ3) is 3.95. The molecule has 4 rings (SSSR count). The highest BCUT2D eigenvalue weighted by atomic mass is 16.2. The van der Waals surface area contributed by atoms with E-state index in [0.29, 0.717) is 19.0 Å². The number of nitrogens with one attached hydrogen (secondary N) is 1. The maximum Gasteiger partial charge on any atom is 0.317 e. The maximum atomic E-state index is 12.6. The van der Waals surface area contributed by atoms with Crippen molar-refractivity contribution in [3.8, 4) is 5.69 Å². The number of aromatic nitrogens is 4. The van der Waals surface area contributed by atoms with Crippen LogP contribution in [0.3, 0.4) is 0 Å². The zero-order valence-corrected chi connectivity index (χ0v) is 15.8. The van der Waals surface area contributed by atoms with Gasteiger partial charge in [0.2, 0.25) is 5.95 Å². The van der Waals surface area contributed by atoms with Crippen LogP contribution < -0.4 is 10.2 Å². The van der Waals surface area contributed by atoms with E-state index in [4.69, 9.17) is 0 Å². The number of nitrogens with zero attached hydrogens (tertiary/aromatic N) is 6. The van der Waals surface area contributed by atoms with Gasteiger partial charge in [-0.15, -0.1) is 0 Å². The van der Waals surface area contributed by atoms with Gasteiger partial charge in [0.15, 0.2) is 0 Å². The summed E-state index contributed by atoms with van der Waals surface area (Å²) < 4.78 is 1.95. The third-order valence-corrected chi connectivity index (χ3v) is 4.94. The van der Waals surface area contributed by atoms with Gasteiger partial charge in [-0.1, -0.05) is 12.1 Å². The van der Waals surface area contributed by atoms with Crippen molar-refractivity contribution >= 4 is 12.0 Å². The number of anilines is 1. The van der Waals surface area contributed by atoms with Gasteiger partial charge in [0, 0.05) is 56.7 Å². The smallest absolute Gasteiger partial charge is 0.317 e. The van der Waals surface area contributed by atoms with Crippen LogP contribution in [0, 0.1) is 0 Å². The van der Waals surface area contributed by atoms with Crippen LogP contribution in [0.4, 0.5) is 10.7 Å². The zero-order valence-electron chi connectivity index (χ0n) is 15.8. The van der Waals surface area contributed by atoms with Gasteiger partial charge in [0.25, 0.3) is 0 Å². The van der Waals surface area contributed by atoms with E-state index in [2.05, 4.69) is 25.2 Å². The summed E-state index contributed by atoms with van der Waals surface area (Å²) in [6.07, 6.45) is 8.89. The summed E-state index contributed by atoms with van der Waals surface area (Å²) in [4.78, 5) is 29.2. The molecule has 1 fully saturated rings. The molecule has 3 aromatic rings. The third-order valence-electron chi connectivity index (χ3n) is 4.94. The SMILES string of the molecule is CC(NC(=O)N1CCN(c2ncccn2)CC1)c1ccc(-n2ccnc2)cc1. The molecule has 3 heterocycles. The lowest BCUT2D eigenvalue weighted by molar-refractivity contribution is 0.191. The highest BCUT2D eigenvalue weighted by Gasteiger charge is 2.23. The van der Waals surface area contributed by atoms with E-state index in [1.54, 1.807) is 31.0 Å². The summed E-state index contributed by atoms with van der Waals surface area (Å²) in [6.45, 7) is 4.75. The number of rotatable bonds is 4. The summed E-state index contributed by atoms with van der Waals surface area (Å²) in [7, 11) is 0. The van der Waals surface area contributed by atoms with Crippen LogP contribution in [0.15, 0.2) is 61.4 Å². The number of hydrogen-bond donors (Lipinski definition) is 1. The molecule has 2 amide bonds. The van der Waals surface area contributed by atoms with Gasteiger partial charge in [0.05, 0.1) is 12.4 Å². The molecule has 28 heavy (non-hydrogen) atoms. The summed E-state index contributed by atoms with van der Waals surface area (Å²) in [5, 5.41) is 3.09. The van der Waals surface area contributed by atoms with Crippen molar-refractivity contribution in [3.05, 3.63) is 67.0 Å². The van der Waals surface area contributed by atoms with E-state index in [0.717, 1.165) is 24.3 Å². The van der Waals surface area contributed by atoms with E-state index in [1.165, 1.54) is 0 Å². The fourth-order valence-corrected chi connectivity index (χ4v) is 3.27. The van der Waals surface area contributed by atoms with E-state index in [9.17, 15) is 4.79 Å². The van der Waals surface area contributed by atoms with Gasteiger partial charge in [-0.2, -0.15) is 0 Å². The molecule has 144 valence electrons. The van der Waals surface area contributed by atoms with E-state index < -0.39 is 0 Å². The molecular formula is C20H23N7O. The van der Waals surface area contributed by atoms with Crippen LogP contribution in [0.5, 0.6) is 0 Å². The highest BCUT2D eigenvalue weighted by molar-refractivity contribution is 5.75. The molecule has 8 nitrogen and oxygen atoms in total. The van der Waals surface area contributed by atoms with E-state index >= 15 is 0 Å². The Hall–Kier alpha value is -3.42. The number of hydrogen-bond acceptors (Lipinski definition) is 5. The number of urea groups is 1. The van der Waals surface area contributed by atoms with E-state index in [-0.39, 0.29) is 12.1 Å². The van der Waals surface area contributed by atoms with Gasteiger partial charge in [0.1, 0.15) is 0 Å². The molecule has 1 atom stereocenters. The monoisotopic (exact) mass is 377 g/mol. The quantitative estimate of drug-likeness (QED) is 0.754. The first kappa shape index (κ1) is 18.0. The Labute approximate surface area is 163 Å². The first-order chi connectivity index (χ1) is 13.7. The van der Waals surface area contributed by atoms with Crippen molar-refractivity contribution in [1.29, 1.82) is 0 Å². The van der Waals surface area contributed by atoms with Crippen molar-refractivity contribution in [2.75, 3.05) is 31.1 Å². The normalized spacial score (nSPS) is 15.3. The Morgan fingerprint density at radius 1 is 1.04 bits per heavy atom. The van der Waals surface area contributed by atoms with Gasteiger partial charge in [-0.05, 0) is 30.7 Å². The molecule has 1 aliphatic heterocycles. The lowest BCUT2D eigenvalue weighted by atomic mass is 10.1. The van der Waals surface area contributed by atoms with Crippen molar-refractivity contribution in [3.63, 3.8) is 0 Å². The second-order valence-electron chi connectivity index (χ2n) is 6.76. The fraction of sp³-hybridized carbons (Fsp3) is 0.300. The summed E-state index contributed by atoms with van der Waals surface area (Å²) >= 11 is 0. The molecular weight excluding hydrogens is 354 g/mol. The lowest BCUT2D eigenvalue weighted by Crippen LogP contribution is -2.52. The number of benzene rings is 1. The molecule has 2 aromatic heterocycles. The summed E-state index contributed by atoms with van der Waals surface area (Å²) in [5.41, 5.74) is 2.10. The first-order valence-electron chi connectivity index (χ1n) is 9.36. The molecule has 0 radical (unpaired) electrons. The molecule has 0 bridgehead atoms. The largest absolute Gasteiger partial charge is 0.337 e. The van der Waals surface area contributed by atoms with Crippen molar-refractivity contribution in [2.24, 2.45) is 0 Å². The predicted molar refractivity (Wildman–Crippen MR) is 106 cm³/mol. The van der Waals surface area contributed by atoms with Crippen molar-refractivity contribution in [2.45, 2.75) is 13.0 Å². The van der Waals surface area contributed by atoms with Crippen LogP contribution in [0.25, 0.3) is 5.69 Å². The Morgan fingerprint density at radius 3 is 2.39 bits per heavy atom. The molecule has 0 spiro atoms. The highest BCUT2D eigenvalue weighted by Crippen LogP contribution is 2.17. The minimum atomic E-state index is -0.0696. The standard InChI is InChI=1S/C20H23N7O/c1-16(17-3-5-18(6-4-17)27-10-9-21-15-27)24-20(28)26-13-11-25(12-14-26)19-22-7-2-8-23-19/h2-10,15-16H,11-14H2,1H3,(H,24,28). The minimum Gasteiger partial charge on any atom is -0.337 e. The number of carbonyl (C=O) groups is 1. The van der Waals surface area contributed by atoms with Crippen LogP contribution in [-0.2, 0) is 0 Å². The topological polar surface area (TPSA) is 79.2 Å². The average molecular weight is 377 g/mol. The Kier molecular flexibility index (Phi) is 5.18. The van der Waals surface area contributed by atoms with Gasteiger partial charge < -0.3 is 19.7 Å².